The third kappa shape index (κ3) is 4.03. The molecule has 0 aliphatic heterocycles. The Bertz CT molecular complexity index is 730. The summed E-state index contributed by atoms with van der Waals surface area (Å²) >= 11 is 0. The molecule has 124 valence electrons. The highest BCUT2D eigenvalue weighted by Gasteiger charge is 2.37. The molecule has 1 aromatic carbocycles. The highest BCUT2D eigenvalue weighted by molar-refractivity contribution is 5.87. The molecule has 0 bridgehead atoms. The second-order valence-corrected chi connectivity index (χ2v) is 6.80. The van der Waals surface area contributed by atoms with Crippen molar-refractivity contribution in [3.8, 4) is 0 Å². The van der Waals surface area contributed by atoms with Crippen LogP contribution in [0.1, 0.15) is 33.3 Å². The minimum absolute atomic E-state index is 0.144. The largest absolute Gasteiger partial charge is 0.480 e. The van der Waals surface area contributed by atoms with Crippen LogP contribution < -0.4 is 5.32 Å². The van der Waals surface area contributed by atoms with Crippen LogP contribution in [-0.2, 0) is 16.0 Å². The van der Waals surface area contributed by atoms with Crippen LogP contribution >= 0.6 is 0 Å². The molecule has 0 unspecified atom stereocenters. The van der Waals surface area contributed by atoms with Crippen molar-refractivity contribution >= 4 is 23.0 Å². The van der Waals surface area contributed by atoms with E-state index >= 15 is 0 Å². The molecule has 1 aromatic heterocycles. The zero-order valence-electron chi connectivity index (χ0n) is 13.8. The van der Waals surface area contributed by atoms with Crippen molar-refractivity contribution in [1.29, 1.82) is 0 Å². The van der Waals surface area contributed by atoms with E-state index in [1.165, 1.54) is 6.92 Å². The van der Waals surface area contributed by atoms with Crippen LogP contribution in [0.4, 0.5) is 4.79 Å². The van der Waals surface area contributed by atoms with Crippen LogP contribution in [0.25, 0.3) is 10.9 Å². The van der Waals surface area contributed by atoms with Crippen molar-refractivity contribution in [3.05, 3.63) is 36.0 Å². The molecule has 1 heterocycles. The number of ether oxygens (including phenoxy) is 1. The van der Waals surface area contributed by atoms with Crippen LogP contribution in [0.15, 0.2) is 30.5 Å². The molecular weight excluding hydrogens is 296 g/mol. The van der Waals surface area contributed by atoms with E-state index in [4.69, 9.17) is 4.74 Å². The van der Waals surface area contributed by atoms with Gasteiger partial charge in [0.25, 0.3) is 0 Å². The SMILES string of the molecule is CC(C)(C)OC(=O)N[C@](C)(Cc1c[nH]c2ccccc12)C(=O)O. The van der Waals surface area contributed by atoms with Crippen molar-refractivity contribution < 1.29 is 19.4 Å². The standard InChI is InChI=1S/C17H22N2O4/c1-16(2,3)23-15(22)19-17(4,14(20)21)9-11-10-18-13-8-6-5-7-12(11)13/h5-8,10,18H,9H2,1-4H3,(H,19,22)(H,20,21)/t17-/m1/s1. The van der Waals surface area contributed by atoms with Crippen LogP contribution in [0.3, 0.4) is 0 Å². The Morgan fingerprint density at radius 1 is 1.22 bits per heavy atom. The third-order valence-electron chi connectivity index (χ3n) is 3.47. The van der Waals surface area contributed by atoms with Gasteiger partial charge in [-0.3, -0.25) is 0 Å². The van der Waals surface area contributed by atoms with Crippen molar-refractivity contribution in [2.45, 2.75) is 45.3 Å². The fraction of sp³-hybridized carbons (Fsp3) is 0.412. The molecule has 2 rings (SSSR count). The topological polar surface area (TPSA) is 91.4 Å². The minimum Gasteiger partial charge on any atom is -0.480 e. The van der Waals surface area contributed by atoms with Crippen LogP contribution in [0.2, 0.25) is 0 Å². The van der Waals surface area contributed by atoms with Gasteiger partial charge in [-0.25, -0.2) is 9.59 Å². The lowest BCUT2D eigenvalue weighted by atomic mass is 9.93. The van der Waals surface area contributed by atoms with Gasteiger partial charge in [0.05, 0.1) is 0 Å². The van der Waals surface area contributed by atoms with Crippen molar-refractivity contribution in [2.24, 2.45) is 0 Å². The van der Waals surface area contributed by atoms with Gasteiger partial charge in [-0.15, -0.1) is 0 Å². The van der Waals surface area contributed by atoms with Crippen molar-refractivity contribution in [1.82, 2.24) is 10.3 Å². The quantitative estimate of drug-likeness (QED) is 0.808. The maximum absolute atomic E-state index is 12.0. The summed E-state index contributed by atoms with van der Waals surface area (Å²) in [6.07, 6.45) is 1.16. The van der Waals surface area contributed by atoms with Gasteiger partial charge in [0, 0.05) is 23.5 Å². The number of aliphatic carboxylic acids is 1. The molecule has 0 spiro atoms. The van der Waals surface area contributed by atoms with E-state index in [1.54, 1.807) is 27.0 Å². The average Bonchev–Trinajstić information content (AvgIpc) is 2.79. The second-order valence-electron chi connectivity index (χ2n) is 6.80. The number of carbonyl (C=O) groups excluding carboxylic acids is 1. The van der Waals surface area contributed by atoms with Gasteiger partial charge >= 0.3 is 12.1 Å². The maximum Gasteiger partial charge on any atom is 0.408 e. The summed E-state index contributed by atoms with van der Waals surface area (Å²) in [6, 6.07) is 7.62. The second kappa shape index (κ2) is 5.95. The molecule has 0 aliphatic rings. The zero-order valence-corrected chi connectivity index (χ0v) is 13.8. The highest BCUT2D eigenvalue weighted by atomic mass is 16.6. The number of aromatic amines is 1. The average molecular weight is 318 g/mol. The Morgan fingerprint density at radius 3 is 2.48 bits per heavy atom. The molecule has 6 heteroatoms. The molecule has 0 aliphatic carbocycles. The van der Waals surface area contributed by atoms with E-state index in [-0.39, 0.29) is 6.42 Å². The number of hydrogen-bond acceptors (Lipinski definition) is 3. The van der Waals surface area contributed by atoms with Gasteiger partial charge < -0.3 is 20.1 Å². The van der Waals surface area contributed by atoms with E-state index in [0.29, 0.717) is 0 Å². The Hall–Kier alpha value is -2.50. The number of aromatic nitrogens is 1. The molecule has 23 heavy (non-hydrogen) atoms. The number of carbonyl (C=O) groups is 2. The molecule has 0 saturated heterocycles. The number of rotatable bonds is 4. The Labute approximate surface area is 134 Å². The number of benzene rings is 1. The highest BCUT2D eigenvalue weighted by Crippen LogP contribution is 2.23. The van der Waals surface area contributed by atoms with E-state index in [1.807, 2.05) is 24.3 Å². The van der Waals surface area contributed by atoms with Crippen molar-refractivity contribution in [3.63, 3.8) is 0 Å². The van der Waals surface area contributed by atoms with E-state index < -0.39 is 23.2 Å². The number of alkyl carbamates (subject to hydrolysis) is 1. The van der Waals surface area contributed by atoms with E-state index in [9.17, 15) is 14.7 Å². The number of H-pyrrole nitrogens is 1. The molecule has 0 saturated carbocycles. The lowest BCUT2D eigenvalue weighted by Gasteiger charge is -2.28. The fourth-order valence-electron chi connectivity index (χ4n) is 2.36. The molecule has 1 amide bonds. The first-order valence-corrected chi connectivity index (χ1v) is 7.40. The minimum atomic E-state index is -1.46. The summed E-state index contributed by atoms with van der Waals surface area (Å²) in [4.78, 5) is 26.8. The summed E-state index contributed by atoms with van der Waals surface area (Å²) in [7, 11) is 0. The lowest BCUT2D eigenvalue weighted by Crippen LogP contribution is -2.54. The van der Waals surface area contributed by atoms with Crippen LogP contribution in [0.5, 0.6) is 0 Å². The molecular formula is C17H22N2O4. The summed E-state index contributed by atoms with van der Waals surface area (Å²) in [5.41, 5.74) is -0.411. The van der Waals surface area contributed by atoms with Gasteiger partial charge in [-0.05, 0) is 39.3 Å². The van der Waals surface area contributed by atoms with E-state index in [2.05, 4.69) is 10.3 Å². The number of nitrogens with one attached hydrogen (secondary N) is 2. The summed E-state index contributed by atoms with van der Waals surface area (Å²) < 4.78 is 5.17. The van der Waals surface area contributed by atoms with Gasteiger partial charge in [0.1, 0.15) is 11.1 Å². The van der Waals surface area contributed by atoms with E-state index in [0.717, 1.165) is 16.5 Å². The predicted octanol–water partition coefficient (Wildman–Crippen LogP) is 3.08. The maximum atomic E-state index is 12.0. The predicted molar refractivity (Wildman–Crippen MR) is 87.4 cm³/mol. The summed E-state index contributed by atoms with van der Waals surface area (Å²) in [5, 5.41) is 13.0. The molecule has 6 nitrogen and oxygen atoms in total. The first-order valence-electron chi connectivity index (χ1n) is 7.40. The van der Waals surface area contributed by atoms with Crippen LogP contribution in [0, 0.1) is 0 Å². The zero-order chi connectivity index (χ0) is 17.3. The first kappa shape index (κ1) is 16.9. The summed E-state index contributed by atoms with van der Waals surface area (Å²) in [5.74, 6) is -1.12. The Balaban J connectivity index is 2.24. The first-order chi connectivity index (χ1) is 10.6. The third-order valence-corrected chi connectivity index (χ3v) is 3.47. The number of amides is 1. The monoisotopic (exact) mass is 318 g/mol. The fourth-order valence-corrected chi connectivity index (χ4v) is 2.36. The van der Waals surface area contributed by atoms with Gasteiger partial charge in [0.2, 0.25) is 0 Å². The molecule has 2 aromatic rings. The van der Waals surface area contributed by atoms with Gasteiger partial charge in [-0.1, -0.05) is 18.2 Å². The Morgan fingerprint density at radius 2 is 1.87 bits per heavy atom. The number of carboxylic acids is 1. The molecule has 0 fully saturated rings. The molecule has 0 radical (unpaired) electrons. The smallest absolute Gasteiger partial charge is 0.408 e. The number of para-hydroxylation sites is 1. The summed E-state index contributed by atoms with van der Waals surface area (Å²) in [6.45, 7) is 6.65. The number of fused-ring (bicyclic) bond motifs is 1. The van der Waals surface area contributed by atoms with Crippen LogP contribution in [-0.4, -0.2) is 33.3 Å². The lowest BCUT2D eigenvalue weighted by molar-refractivity contribution is -0.144. The molecule has 3 N–H and O–H groups in total. The van der Waals surface area contributed by atoms with Gasteiger partial charge in [0.15, 0.2) is 0 Å². The number of carboxylic acid groups (broad SMARTS) is 1. The van der Waals surface area contributed by atoms with Gasteiger partial charge in [-0.2, -0.15) is 0 Å². The number of hydrogen-bond donors (Lipinski definition) is 3. The molecule has 1 atom stereocenters. The Kier molecular flexibility index (Phi) is 4.36. The normalized spacial score (nSPS) is 14.3. The van der Waals surface area contributed by atoms with Crippen molar-refractivity contribution in [2.75, 3.05) is 0 Å².